The number of hydrogen-bond acceptors (Lipinski definition) is 1. The number of hydrogen-bond donors (Lipinski definition) is 1. The molecule has 1 aliphatic carbocycles. The summed E-state index contributed by atoms with van der Waals surface area (Å²) in [5, 5.41) is -0.648. The van der Waals surface area contributed by atoms with E-state index in [0.717, 1.165) is 6.07 Å². The maximum Gasteiger partial charge on any atom is 0.241 e. The Labute approximate surface area is 146 Å². The van der Waals surface area contributed by atoms with Crippen LogP contribution in [0.25, 0.3) is 0 Å². The van der Waals surface area contributed by atoms with Gasteiger partial charge in [-0.15, -0.1) is 0 Å². The predicted octanol–water partition coefficient (Wildman–Crippen LogP) is 5.00. The minimum atomic E-state index is -2.43. The fourth-order valence-corrected chi connectivity index (χ4v) is 3.75. The fraction of sp³-hybridized carbons (Fsp3) is 0.625. The lowest BCUT2D eigenvalue weighted by Gasteiger charge is -2.41. The Morgan fingerprint density at radius 1 is 1.21 bits per heavy atom. The maximum atomic E-state index is 14.4. The van der Waals surface area contributed by atoms with Crippen molar-refractivity contribution in [3.8, 4) is 0 Å². The van der Waals surface area contributed by atoms with Crippen LogP contribution in [0, 0.1) is 23.5 Å². The van der Waals surface area contributed by atoms with Gasteiger partial charge in [-0.3, -0.25) is 0 Å². The van der Waals surface area contributed by atoms with E-state index in [0.29, 0.717) is 0 Å². The van der Waals surface area contributed by atoms with Gasteiger partial charge in [-0.1, -0.05) is 17.7 Å². The Morgan fingerprint density at radius 2 is 1.79 bits per heavy atom. The third kappa shape index (κ3) is 4.11. The van der Waals surface area contributed by atoms with Crippen molar-refractivity contribution in [3.63, 3.8) is 0 Å². The smallest absolute Gasteiger partial charge is 0.241 e. The fourth-order valence-electron chi connectivity index (χ4n) is 2.67. The van der Waals surface area contributed by atoms with Gasteiger partial charge in [0.2, 0.25) is 6.43 Å². The number of benzene rings is 1. The van der Waals surface area contributed by atoms with Gasteiger partial charge in [0.05, 0.1) is 21.8 Å². The van der Waals surface area contributed by atoms with Crippen LogP contribution in [0.2, 0.25) is 5.02 Å². The highest BCUT2D eigenvalue weighted by Gasteiger charge is 2.42. The molecular weight excluding hydrogens is 366 g/mol. The zero-order valence-corrected chi connectivity index (χ0v) is 15.2. The van der Waals surface area contributed by atoms with Crippen molar-refractivity contribution in [2.24, 2.45) is 11.8 Å². The second-order valence-corrected chi connectivity index (χ2v) is 9.44. The van der Waals surface area contributed by atoms with Crippen LogP contribution in [0.15, 0.2) is 12.1 Å². The molecular formula is C16H20ClF4NOS. The third-order valence-electron chi connectivity index (χ3n) is 4.23. The standard InChI is InChI=1S/C16H20ClF4NOS/c1-16(2,3)24(23)22-14(8-6-9(7-8)15(20)21)10-4-5-11(18)12(17)13(10)19/h4-5,8-9,14-15,22H,6-7H2,1-3H3. The summed E-state index contributed by atoms with van der Waals surface area (Å²) in [6.07, 6.45) is -2.06. The van der Waals surface area contributed by atoms with E-state index in [4.69, 9.17) is 11.6 Å². The molecule has 0 aliphatic heterocycles. The Kier molecular flexibility index (Phi) is 5.98. The van der Waals surface area contributed by atoms with E-state index in [2.05, 4.69) is 4.72 Å². The van der Waals surface area contributed by atoms with E-state index in [1.54, 1.807) is 20.8 Å². The topological polar surface area (TPSA) is 29.1 Å². The van der Waals surface area contributed by atoms with Crippen molar-refractivity contribution in [2.45, 2.75) is 50.8 Å². The molecule has 1 aromatic carbocycles. The summed E-state index contributed by atoms with van der Waals surface area (Å²) in [5.41, 5.74) is 0.0525. The van der Waals surface area contributed by atoms with Crippen molar-refractivity contribution < 1.29 is 21.8 Å². The molecule has 1 fully saturated rings. The summed E-state index contributed by atoms with van der Waals surface area (Å²) >= 11 is 5.62. The Morgan fingerprint density at radius 3 is 2.29 bits per heavy atom. The van der Waals surface area contributed by atoms with Crippen molar-refractivity contribution in [1.29, 1.82) is 0 Å². The number of nitrogens with one attached hydrogen (secondary N) is 1. The maximum absolute atomic E-state index is 14.4. The lowest BCUT2D eigenvalue weighted by Crippen LogP contribution is -2.43. The molecule has 2 rings (SSSR count). The highest BCUT2D eigenvalue weighted by atomic mass is 35.5. The first-order chi connectivity index (χ1) is 11.0. The summed E-state index contributed by atoms with van der Waals surface area (Å²) in [7, 11) is -1.54. The lowest BCUT2D eigenvalue weighted by molar-refractivity contribution is -0.00687. The van der Waals surface area contributed by atoms with E-state index in [-0.39, 0.29) is 24.3 Å². The van der Waals surface area contributed by atoms with E-state index in [1.165, 1.54) is 6.07 Å². The average molecular weight is 386 g/mol. The molecule has 2 atom stereocenters. The highest BCUT2D eigenvalue weighted by molar-refractivity contribution is 7.84. The van der Waals surface area contributed by atoms with Crippen LogP contribution < -0.4 is 4.72 Å². The molecule has 0 radical (unpaired) electrons. The van der Waals surface area contributed by atoms with E-state index in [9.17, 15) is 21.8 Å². The normalized spacial score (nSPS) is 23.9. The molecule has 0 spiro atoms. The molecule has 24 heavy (non-hydrogen) atoms. The molecule has 1 N–H and O–H groups in total. The largest absolute Gasteiger partial charge is 0.242 e. The van der Waals surface area contributed by atoms with Crippen molar-refractivity contribution in [3.05, 3.63) is 34.4 Å². The van der Waals surface area contributed by atoms with Gasteiger partial charge in [0.15, 0.2) is 0 Å². The van der Waals surface area contributed by atoms with Crippen LogP contribution >= 0.6 is 11.6 Å². The SMILES string of the molecule is CC(C)(C)S(=O)NC(c1ccc(F)c(Cl)c1F)C1CC(C(F)F)C1. The van der Waals surface area contributed by atoms with Crippen LogP contribution in [0.1, 0.15) is 45.2 Å². The third-order valence-corrected chi connectivity index (χ3v) is 6.16. The van der Waals surface area contributed by atoms with Gasteiger partial charge in [-0.05, 0) is 45.6 Å². The molecule has 0 aromatic heterocycles. The quantitative estimate of drug-likeness (QED) is 0.560. The molecule has 2 unspecified atom stereocenters. The second-order valence-electron chi connectivity index (χ2n) is 7.07. The van der Waals surface area contributed by atoms with Crippen LogP contribution in [-0.4, -0.2) is 15.4 Å². The summed E-state index contributed by atoms with van der Waals surface area (Å²) in [6, 6.07) is 1.49. The van der Waals surface area contributed by atoms with E-state index >= 15 is 0 Å². The predicted molar refractivity (Wildman–Crippen MR) is 87.4 cm³/mol. The number of alkyl halides is 2. The molecule has 1 saturated carbocycles. The second kappa shape index (κ2) is 7.30. The van der Waals surface area contributed by atoms with E-state index in [1.807, 2.05) is 0 Å². The molecule has 8 heteroatoms. The Balaban J connectivity index is 2.30. The Bertz CT molecular complexity index is 629. The molecule has 136 valence electrons. The van der Waals surface area contributed by atoms with Gasteiger partial charge >= 0.3 is 0 Å². The number of halogens is 5. The first kappa shape index (κ1) is 19.7. The molecule has 2 nitrogen and oxygen atoms in total. The van der Waals surface area contributed by atoms with Crippen molar-refractivity contribution >= 4 is 22.6 Å². The zero-order valence-electron chi connectivity index (χ0n) is 13.6. The summed E-state index contributed by atoms with van der Waals surface area (Å²) in [6.45, 7) is 5.22. The average Bonchev–Trinajstić information content (AvgIpc) is 2.41. The van der Waals surface area contributed by atoms with Gasteiger partial charge in [0.1, 0.15) is 16.7 Å². The summed E-state index contributed by atoms with van der Waals surface area (Å²) in [5.74, 6) is -2.90. The van der Waals surface area contributed by atoms with Gasteiger partial charge in [0, 0.05) is 11.5 Å². The van der Waals surface area contributed by atoms with Crippen molar-refractivity contribution in [1.82, 2.24) is 4.72 Å². The highest BCUT2D eigenvalue weighted by Crippen LogP contribution is 2.46. The van der Waals surface area contributed by atoms with E-state index < -0.39 is 50.8 Å². The number of rotatable bonds is 5. The molecule has 0 heterocycles. The van der Waals surface area contributed by atoms with Crippen molar-refractivity contribution in [2.75, 3.05) is 0 Å². The molecule has 1 aromatic rings. The van der Waals surface area contributed by atoms with Crippen LogP contribution in [0.4, 0.5) is 17.6 Å². The monoisotopic (exact) mass is 385 g/mol. The van der Waals surface area contributed by atoms with Gasteiger partial charge in [0.25, 0.3) is 0 Å². The summed E-state index contributed by atoms with van der Waals surface area (Å²) in [4.78, 5) is 0. The van der Waals surface area contributed by atoms with Crippen LogP contribution in [-0.2, 0) is 11.0 Å². The summed E-state index contributed by atoms with van der Waals surface area (Å²) < 4.78 is 67.9. The van der Waals surface area contributed by atoms with Crippen LogP contribution in [0.3, 0.4) is 0 Å². The first-order valence-corrected chi connectivity index (χ1v) is 9.14. The molecule has 0 bridgehead atoms. The van der Waals surface area contributed by atoms with Gasteiger partial charge < -0.3 is 0 Å². The Hall–Kier alpha value is -0.660. The first-order valence-electron chi connectivity index (χ1n) is 7.62. The molecule has 1 aliphatic rings. The van der Waals surface area contributed by atoms with Gasteiger partial charge in [-0.2, -0.15) is 0 Å². The lowest BCUT2D eigenvalue weighted by atomic mass is 9.70. The zero-order chi connectivity index (χ0) is 18.2. The minimum Gasteiger partial charge on any atom is -0.242 e. The molecule has 0 saturated heterocycles. The van der Waals surface area contributed by atoms with Gasteiger partial charge in [-0.25, -0.2) is 26.5 Å². The minimum absolute atomic E-state index is 0.0525. The van der Waals surface area contributed by atoms with Crippen LogP contribution in [0.5, 0.6) is 0 Å². The molecule has 0 amide bonds.